The summed E-state index contributed by atoms with van der Waals surface area (Å²) in [7, 11) is -4.75. The van der Waals surface area contributed by atoms with E-state index in [2.05, 4.69) is 30.5 Å². The van der Waals surface area contributed by atoms with E-state index in [1.54, 1.807) is 0 Å². The lowest BCUT2D eigenvalue weighted by molar-refractivity contribution is -0.161. The van der Waals surface area contributed by atoms with Crippen molar-refractivity contribution in [2.24, 2.45) is 0 Å². The second kappa shape index (κ2) is 37.5. The molecule has 1 unspecified atom stereocenters. The molecule has 0 rings (SSSR count). The standard InChI is InChI=1S/C41H79O8P/c1-3-5-7-9-11-13-15-17-19-20-22-23-25-27-29-31-33-35-40(42)47-37-39(38-48-50(44,45)46)49-41(43)36-34-32-30-28-26-24-21-18-16-14-12-10-8-6-4-2/h18,21,39H,3-17,19-20,22-38H2,1-2H3,(H2,44,45,46)/b21-18-. The average Bonchev–Trinajstić information content (AvgIpc) is 3.08. The Hall–Kier alpha value is -1.21. The molecule has 2 N–H and O–H groups in total. The van der Waals surface area contributed by atoms with Gasteiger partial charge in [-0.15, -0.1) is 0 Å². The van der Waals surface area contributed by atoms with Crippen LogP contribution in [0.1, 0.15) is 219 Å². The van der Waals surface area contributed by atoms with E-state index in [0.29, 0.717) is 6.42 Å². The number of carbonyl (C=O) groups is 2. The monoisotopic (exact) mass is 731 g/mol. The lowest BCUT2D eigenvalue weighted by Crippen LogP contribution is -2.29. The summed E-state index contributed by atoms with van der Waals surface area (Å²) in [6.45, 7) is 3.69. The minimum absolute atomic E-state index is 0.206. The molecule has 0 saturated carbocycles. The normalized spacial score (nSPS) is 12.5. The van der Waals surface area contributed by atoms with E-state index in [0.717, 1.165) is 51.4 Å². The molecule has 50 heavy (non-hydrogen) atoms. The summed E-state index contributed by atoms with van der Waals surface area (Å²) in [6, 6.07) is 0. The molecule has 0 aliphatic rings. The Kier molecular flexibility index (Phi) is 36.6. The van der Waals surface area contributed by atoms with Gasteiger partial charge in [-0.05, 0) is 38.5 Å². The van der Waals surface area contributed by atoms with Gasteiger partial charge in [0, 0.05) is 12.8 Å². The average molecular weight is 731 g/mol. The Morgan fingerprint density at radius 2 is 0.840 bits per heavy atom. The molecule has 0 bridgehead atoms. The van der Waals surface area contributed by atoms with Crippen LogP contribution in [-0.2, 0) is 28.2 Å². The second-order valence-electron chi connectivity index (χ2n) is 14.3. The van der Waals surface area contributed by atoms with Crippen LogP contribution in [0.25, 0.3) is 0 Å². The van der Waals surface area contributed by atoms with Crippen LogP contribution < -0.4 is 0 Å². The summed E-state index contributed by atoms with van der Waals surface area (Å²) in [5.74, 6) is -0.883. The van der Waals surface area contributed by atoms with E-state index in [9.17, 15) is 14.2 Å². The van der Waals surface area contributed by atoms with Gasteiger partial charge in [0.1, 0.15) is 6.61 Å². The van der Waals surface area contributed by atoms with Gasteiger partial charge in [-0.1, -0.05) is 180 Å². The third-order valence-electron chi connectivity index (χ3n) is 9.28. The number of ether oxygens (including phenoxy) is 2. The highest BCUT2D eigenvalue weighted by molar-refractivity contribution is 7.46. The molecule has 1 atom stereocenters. The van der Waals surface area contributed by atoms with E-state index in [4.69, 9.17) is 19.3 Å². The van der Waals surface area contributed by atoms with Crippen molar-refractivity contribution in [1.82, 2.24) is 0 Å². The first-order chi connectivity index (χ1) is 24.3. The van der Waals surface area contributed by atoms with Crippen LogP contribution in [0, 0.1) is 0 Å². The van der Waals surface area contributed by atoms with Crippen LogP contribution in [0.15, 0.2) is 12.2 Å². The van der Waals surface area contributed by atoms with E-state index in [-0.39, 0.29) is 19.4 Å². The van der Waals surface area contributed by atoms with E-state index < -0.39 is 32.5 Å². The molecule has 0 amide bonds. The number of rotatable bonds is 39. The van der Waals surface area contributed by atoms with Crippen molar-refractivity contribution < 1.29 is 37.9 Å². The number of hydrogen-bond acceptors (Lipinski definition) is 6. The molecule has 0 aliphatic heterocycles. The minimum Gasteiger partial charge on any atom is -0.462 e. The van der Waals surface area contributed by atoms with Crippen LogP contribution >= 0.6 is 7.82 Å². The number of hydrogen-bond donors (Lipinski definition) is 2. The first kappa shape index (κ1) is 48.8. The molecular weight excluding hydrogens is 651 g/mol. The third-order valence-corrected chi connectivity index (χ3v) is 9.77. The lowest BCUT2D eigenvalue weighted by Gasteiger charge is -2.18. The van der Waals surface area contributed by atoms with Gasteiger partial charge >= 0.3 is 19.8 Å². The Bertz CT molecular complexity index is 827. The molecule has 0 spiro atoms. The zero-order valence-corrected chi connectivity index (χ0v) is 33.5. The molecular formula is C41H79O8P. The third kappa shape index (κ3) is 39.6. The first-order valence-corrected chi connectivity index (χ1v) is 22.5. The summed E-state index contributed by atoms with van der Waals surface area (Å²) in [6.07, 6.45) is 40.7. The molecule has 0 aromatic carbocycles. The SMILES string of the molecule is CCCCCCCC/C=C\CCCCCCCC(=O)OC(COC(=O)CCCCCCCCCCCCCCCCCCC)COP(=O)(O)O. The fraction of sp³-hybridized carbons (Fsp3) is 0.902. The van der Waals surface area contributed by atoms with Crippen molar-refractivity contribution >= 4 is 19.8 Å². The molecule has 9 heteroatoms. The molecule has 0 aromatic rings. The maximum absolute atomic E-state index is 12.4. The second-order valence-corrected chi connectivity index (χ2v) is 15.6. The predicted octanol–water partition coefficient (Wildman–Crippen LogP) is 12.6. The van der Waals surface area contributed by atoms with Crippen molar-refractivity contribution in [2.75, 3.05) is 13.2 Å². The number of phosphoric acid groups is 1. The maximum atomic E-state index is 12.4. The molecule has 296 valence electrons. The minimum atomic E-state index is -4.75. The maximum Gasteiger partial charge on any atom is 0.469 e. The Balaban J connectivity index is 3.89. The van der Waals surface area contributed by atoms with Crippen molar-refractivity contribution in [3.05, 3.63) is 12.2 Å². The highest BCUT2D eigenvalue weighted by Crippen LogP contribution is 2.36. The molecule has 0 aromatic heterocycles. The summed E-state index contributed by atoms with van der Waals surface area (Å²) in [5, 5.41) is 0. The highest BCUT2D eigenvalue weighted by Gasteiger charge is 2.22. The Morgan fingerprint density at radius 1 is 0.500 bits per heavy atom. The smallest absolute Gasteiger partial charge is 0.462 e. The van der Waals surface area contributed by atoms with Crippen molar-refractivity contribution in [1.29, 1.82) is 0 Å². The number of allylic oxidation sites excluding steroid dienone is 2. The summed E-state index contributed by atoms with van der Waals surface area (Å²) < 4.78 is 26.4. The lowest BCUT2D eigenvalue weighted by atomic mass is 10.0. The van der Waals surface area contributed by atoms with Gasteiger partial charge in [0.25, 0.3) is 0 Å². The number of unbranched alkanes of at least 4 members (excludes halogenated alkanes) is 27. The van der Waals surface area contributed by atoms with Crippen molar-refractivity contribution in [3.8, 4) is 0 Å². The molecule has 8 nitrogen and oxygen atoms in total. The van der Waals surface area contributed by atoms with Crippen LogP contribution in [0.5, 0.6) is 0 Å². The summed E-state index contributed by atoms with van der Waals surface area (Å²) in [4.78, 5) is 42.8. The fourth-order valence-corrected chi connectivity index (χ4v) is 6.49. The van der Waals surface area contributed by atoms with E-state index >= 15 is 0 Å². The summed E-state index contributed by atoms with van der Waals surface area (Å²) in [5.41, 5.74) is 0. The van der Waals surface area contributed by atoms with Gasteiger partial charge in [-0.25, -0.2) is 4.57 Å². The van der Waals surface area contributed by atoms with Crippen molar-refractivity contribution in [3.63, 3.8) is 0 Å². The summed E-state index contributed by atoms with van der Waals surface area (Å²) >= 11 is 0. The highest BCUT2D eigenvalue weighted by atomic mass is 31.2. The van der Waals surface area contributed by atoms with Crippen LogP contribution in [0.4, 0.5) is 0 Å². The van der Waals surface area contributed by atoms with Gasteiger partial charge < -0.3 is 19.3 Å². The number of phosphoric ester groups is 1. The quantitative estimate of drug-likeness (QED) is 0.0278. The van der Waals surface area contributed by atoms with Gasteiger partial charge in [0.2, 0.25) is 0 Å². The largest absolute Gasteiger partial charge is 0.469 e. The molecule has 0 aliphatic carbocycles. The van der Waals surface area contributed by atoms with Gasteiger partial charge in [-0.2, -0.15) is 0 Å². The number of esters is 2. The van der Waals surface area contributed by atoms with Crippen molar-refractivity contribution in [2.45, 2.75) is 225 Å². The molecule has 0 saturated heterocycles. The van der Waals surface area contributed by atoms with Gasteiger partial charge in [-0.3, -0.25) is 14.1 Å². The first-order valence-electron chi connectivity index (χ1n) is 21.0. The van der Waals surface area contributed by atoms with E-state index in [1.807, 2.05) is 0 Å². The topological polar surface area (TPSA) is 119 Å². The Morgan fingerprint density at radius 3 is 1.22 bits per heavy atom. The molecule has 0 radical (unpaired) electrons. The van der Waals surface area contributed by atoms with Gasteiger partial charge in [0.05, 0.1) is 6.61 Å². The fourth-order valence-electron chi connectivity index (χ4n) is 6.13. The molecule has 0 fully saturated rings. The van der Waals surface area contributed by atoms with Gasteiger partial charge in [0.15, 0.2) is 6.10 Å². The Labute approximate surface area is 307 Å². The van der Waals surface area contributed by atoms with E-state index in [1.165, 1.54) is 135 Å². The molecule has 0 heterocycles. The van der Waals surface area contributed by atoms with Crippen LogP contribution in [0.3, 0.4) is 0 Å². The van der Waals surface area contributed by atoms with Crippen LogP contribution in [0.2, 0.25) is 0 Å². The zero-order valence-electron chi connectivity index (χ0n) is 32.6. The zero-order chi connectivity index (χ0) is 36.8. The predicted molar refractivity (Wildman–Crippen MR) is 207 cm³/mol. The number of carbonyl (C=O) groups excluding carboxylic acids is 2. The van der Waals surface area contributed by atoms with Crippen LogP contribution in [-0.4, -0.2) is 41.0 Å².